The fraction of sp³-hybridized carbons (Fsp3) is 0.538. The quantitative estimate of drug-likeness (QED) is 0.690. The van der Waals surface area contributed by atoms with Gasteiger partial charge in [0.2, 0.25) is 0 Å². The summed E-state index contributed by atoms with van der Waals surface area (Å²) < 4.78 is 13.8. The van der Waals surface area contributed by atoms with Gasteiger partial charge in [0.15, 0.2) is 5.82 Å². The van der Waals surface area contributed by atoms with Crippen molar-refractivity contribution in [1.29, 1.82) is 0 Å². The number of rotatable bonds is 2. The van der Waals surface area contributed by atoms with Crippen LogP contribution in [0.2, 0.25) is 0 Å². The van der Waals surface area contributed by atoms with Crippen LogP contribution in [-0.2, 0) is 0 Å². The van der Waals surface area contributed by atoms with Gasteiger partial charge in [-0.15, -0.1) is 0 Å². The number of benzene rings is 1. The van der Waals surface area contributed by atoms with Crippen molar-refractivity contribution in [1.82, 2.24) is 5.32 Å². The molecule has 2 atom stereocenters. The number of halogens is 1. The van der Waals surface area contributed by atoms with Crippen LogP contribution in [0.3, 0.4) is 0 Å². The molecule has 3 nitrogen and oxygen atoms in total. The van der Waals surface area contributed by atoms with E-state index in [9.17, 15) is 9.50 Å². The minimum Gasteiger partial charge on any atom is -0.396 e. The van der Waals surface area contributed by atoms with Crippen molar-refractivity contribution in [2.45, 2.75) is 44.4 Å². The molecule has 1 heterocycles. The summed E-state index contributed by atoms with van der Waals surface area (Å²) in [5, 5.41) is 13.5. The third-order valence-electron chi connectivity index (χ3n) is 3.41. The molecule has 0 radical (unpaired) electrons. The number of nitrogen functional groups attached to an aromatic ring is 1. The summed E-state index contributed by atoms with van der Waals surface area (Å²) in [6.07, 6.45) is 0.960. The average molecular weight is 238 g/mol. The molecule has 4 heteroatoms. The predicted octanol–water partition coefficient (Wildman–Crippen LogP) is 1.97. The lowest BCUT2D eigenvalue weighted by molar-refractivity contribution is 0.128. The molecule has 0 amide bonds. The van der Waals surface area contributed by atoms with Crippen molar-refractivity contribution in [2.75, 3.05) is 5.73 Å². The van der Waals surface area contributed by atoms with Gasteiger partial charge >= 0.3 is 0 Å². The van der Waals surface area contributed by atoms with E-state index < -0.39 is 11.9 Å². The number of hydrogen-bond donors (Lipinski definition) is 3. The van der Waals surface area contributed by atoms with E-state index in [1.165, 1.54) is 6.07 Å². The third-order valence-corrected chi connectivity index (χ3v) is 3.41. The maximum absolute atomic E-state index is 13.8. The lowest BCUT2D eigenvalue weighted by Gasteiger charge is -2.24. The zero-order valence-corrected chi connectivity index (χ0v) is 10.2. The second-order valence-corrected chi connectivity index (χ2v) is 5.37. The number of nitrogens with one attached hydrogen (secondary N) is 1. The Hall–Kier alpha value is -1.13. The third kappa shape index (κ3) is 2.42. The maximum atomic E-state index is 13.8. The highest BCUT2D eigenvalue weighted by molar-refractivity contribution is 5.44. The van der Waals surface area contributed by atoms with Crippen molar-refractivity contribution in [2.24, 2.45) is 0 Å². The molecule has 17 heavy (non-hydrogen) atoms. The fourth-order valence-electron chi connectivity index (χ4n) is 2.41. The van der Waals surface area contributed by atoms with Gasteiger partial charge in [0.25, 0.3) is 0 Å². The number of anilines is 1. The Morgan fingerprint density at radius 1 is 1.53 bits per heavy atom. The van der Waals surface area contributed by atoms with Crippen molar-refractivity contribution >= 4 is 5.69 Å². The van der Waals surface area contributed by atoms with Crippen LogP contribution in [0.25, 0.3) is 0 Å². The van der Waals surface area contributed by atoms with E-state index in [2.05, 4.69) is 19.2 Å². The number of aliphatic hydroxyl groups is 1. The van der Waals surface area contributed by atoms with Crippen molar-refractivity contribution in [3.8, 4) is 0 Å². The highest BCUT2D eigenvalue weighted by atomic mass is 19.1. The standard InChI is InChI=1S/C13H19FN2O/c1-13(2)7-6-10(16-13)12(17)8-4-3-5-9(15)11(8)14/h3-5,10,12,16-17H,6-7,15H2,1-2H3/t10-,12?/m1/s1. The van der Waals surface area contributed by atoms with Crippen LogP contribution in [0.15, 0.2) is 18.2 Å². The molecule has 1 saturated heterocycles. The summed E-state index contributed by atoms with van der Waals surface area (Å²) in [5.74, 6) is -0.508. The van der Waals surface area contributed by atoms with E-state index in [0.717, 1.165) is 12.8 Å². The smallest absolute Gasteiger partial charge is 0.151 e. The second-order valence-electron chi connectivity index (χ2n) is 5.37. The highest BCUT2D eigenvalue weighted by Gasteiger charge is 2.35. The SMILES string of the molecule is CC1(C)CC[C@H](C(O)c2cccc(N)c2F)N1. The molecule has 1 aliphatic heterocycles. The largest absolute Gasteiger partial charge is 0.396 e. The number of hydrogen-bond acceptors (Lipinski definition) is 3. The molecule has 0 bridgehead atoms. The Balaban J connectivity index is 2.20. The molecular weight excluding hydrogens is 219 g/mol. The molecule has 0 saturated carbocycles. The van der Waals surface area contributed by atoms with Crippen LogP contribution in [0.1, 0.15) is 38.4 Å². The predicted molar refractivity (Wildman–Crippen MR) is 66.0 cm³/mol. The summed E-state index contributed by atoms with van der Waals surface area (Å²) in [6, 6.07) is 4.64. The van der Waals surface area contributed by atoms with E-state index >= 15 is 0 Å². The fourth-order valence-corrected chi connectivity index (χ4v) is 2.41. The van der Waals surface area contributed by atoms with Gasteiger partial charge in [-0.25, -0.2) is 4.39 Å². The molecule has 0 spiro atoms. The normalized spacial score (nSPS) is 24.8. The molecular formula is C13H19FN2O. The molecule has 1 fully saturated rings. The van der Waals surface area contributed by atoms with Crippen LogP contribution < -0.4 is 11.1 Å². The summed E-state index contributed by atoms with van der Waals surface area (Å²) in [5.41, 5.74) is 5.87. The van der Waals surface area contributed by atoms with Gasteiger partial charge in [0, 0.05) is 17.1 Å². The van der Waals surface area contributed by atoms with Crippen LogP contribution in [-0.4, -0.2) is 16.7 Å². The Morgan fingerprint density at radius 2 is 2.24 bits per heavy atom. The first-order valence-corrected chi connectivity index (χ1v) is 5.90. The van der Waals surface area contributed by atoms with Gasteiger partial charge in [0.1, 0.15) is 0 Å². The summed E-state index contributed by atoms with van der Waals surface area (Å²) in [7, 11) is 0. The van der Waals surface area contributed by atoms with Gasteiger partial charge in [-0.2, -0.15) is 0 Å². The van der Waals surface area contributed by atoms with Crippen molar-refractivity contribution in [3.05, 3.63) is 29.6 Å². The van der Waals surface area contributed by atoms with Crippen molar-refractivity contribution in [3.63, 3.8) is 0 Å². The summed E-state index contributed by atoms with van der Waals surface area (Å²) in [6.45, 7) is 4.16. The van der Waals surface area contributed by atoms with Gasteiger partial charge < -0.3 is 16.2 Å². The number of aliphatic hydroxyl groups excluding tert-OH is 1. The van der Waals surface area contributed by atoms with Gasteiger partial charge in [-0.05, 0) is 32.8 Å². The minimum atomic E-state index is -0.847. The van der Waals surface area contributed by atoms with Gasteiger partial charge in [-0.1, -0.05) is 12.1 Å². The van der Waals surface area contributed by atoms with Crippen LogP contribution in [0, 0.1) is 5.82 Å². The van der Waals surface area contributed by atoms with E-state index in [0.29, 0.717) is 0 Å². The molecule has 94 valence electrons. The first-order valence-electron chi connectivity index (χ1n) is 5.90. The highest BCUT2D eigenvalue weighted by Crippen LogP contribution is 2.32. The first-order chi connectivity index (χ1) is 7.91. The monoisotopic (exact) mass is 238 g/mol. The first kappa shape index (κ1) is 12.3. The lowest BCUT2D eigenvalue weighted by atomic mass is 9.99. The van der Waals surface area contributed by atoms with E-state index in [1.54, 1.807) is 12.1 Å². The molecule has 1 aromatic rings. The molecule has 0 aromatic heterocycles. The Bertz CT molecular complexity index is 420. The zero-order chi connectivity index (χ0) is 12.6. The average Bonchev–Trinajstić information content (AvgIpc) is 2.62. The molecule has 4 N–H and O–H groups in total. The molecule has 1 aliphatic rings. The summed E-state index contributed by atoms with van der Waals surface area (Å²) >= 11 is 0. The van der Waals surface area contributed by atoms with Crippen LogP contribution >= 0.6 is 0 Å². The summed E-state index contributed by atoms with van der Waals surface area (Å²) in [4.78, 5) is 0. The Morgan fingerprint density at radius 3 is 2.82 bits per heavy atom. The lowest BCUT2D eigenvalue weighted by Crippen LogP contribution is -2.40. The number of nitrogens with two attached hydrogens (primary N) is 1. The van der Waals surface area contributed by atoms with Crippen LogP contribution in [0.4, 0.5) is 10.1 Å². The second kappa shape index (κ2) is 4.27. The van der Waals surface area contributed by atoms with E-state index in [1.807, 2.05) is 0 Å². The van der Waals surface area contributed by atoms with E-state index in [-0.39, 0.29) is 22.8 Å². The zero-order valence-electron chi connectivity index (χ0n) is 10.2. The topological polar surface area (TPSA) is 58.3 Å². The molecule has 2 rings (SSSR count). The maximum Gasteiger partial charge on any atom is 0.151 e. The molecule has 1 unspecified atom stereocenters. The van der Waals surface area contributed by atoms with Gasteiger partial charge in [0.05, 0.1) is 11.8 Å². The molecule has 0 aliphatic carbocycles. The van der Waals surface area contributed by atoms with E-state index in [4.69, 9.17) is 5.73 Å². The minimum absolute atomic E-state index is 0.00243. The van der Waals surface area contributed by atoms with Gasteiger partial charge in [-0.3, -0.25) is 0 Å². The molecule has 1 aromatic carbocycles. The van der Waals surface area contributed by atoms with Crippen LogP contribution in [0.5, 0.6) is 0 Å². The Kier molecular flexibility index (Phi) is 3.10. The Labute approximate surface area is 101 Å². The van der Waals surface area contributed by atoms with Crippen molar-refractivity contribution < 1.29 is 9.50 Å².